The molecule has 1 aromatic heterocycles. The molecule has 1 aliphatic heterocycles. The Bertz CT molecular complexity index is 431. The van der Waals surface area contributed by atoms with Gasteiger partial charge in [-0.1, -0.05) is 0 Å². The van der Waals surface area contributed by atoms with Gasteiger partial charge in [-0.05, 0) is 26.8 Å². The maximum Gasteiger partial charge on any atom is 0.410 e. The van der Waals surface area contributed by atoms with Crippen LogP contribution in [-0.2, 0) is 4.74 Å². The first-order chi connectivity index (χ1) is 8.94. The average Bonchev–Trinajstić information content (AvgIpc) is 2.77. The molecule has 1 saturated heterocycles. The van der Waals surface area contributed by atoms with E-state index in [9.17, 15) is 4.79 Å². The quantitative estimate of drug-likeness (QED) is 0.816. The van der Waals surface area contributed by atoms with Gasteiger partial charge in [0.25, 0.3) is 0 Å². The Balaban J connectivity index is 1.85. The molecule has 6 heteroatoms. The van der Waals surface area contributed by atoms with Crippen LogP contribution in [0, 0.1) is 0 Å². The van der Waals surface area contributed by atoms with Gasteiger partial charge in [0.2, 0.25) is 5.88 Å². The van der Waals surface area contributed by atoms with Gasteiger partial charge in [0.1, 0.15) is 11.7 Å². The summed E-state index contributed by atoms with van der Waals surface area (Å²) in [6.45, 7) is 6.73. The number of nitrogens with zero attached hydrogens (tertiary/aromatic N) is 3. The molecule has 1 aliphatic rings. The topological polar surface area (TPSA) is 64.5 Å². The van der Waals surface area contributed by atoms with Crippen LogP contribution in [0.5, 0.6) is 5.88 Å². The lowest BCUT2D eigenvalue weighted by Gasteiger charge is -2.24. The lowest BCUT2D eigenvalue weighted by molar-refractivity contribution is 0.0274. The standard InChI is InChI=1S/C13H19N3O3/c1-13(2,3)19-12(17)16-8-6-10(9-16)18-11-5-4-7-14-15-11/h4-5,7,10H,6,8-9H2,1-3H3/t10-/m0/s1. The van der Waals surface area contributed by atoms with Crippen LogP contribution < -0.4 is 4.74 Å². The summed E-state index contributed by atoms with van der Waals surface area (Å²) in [5.74, 6) is 0.485. The molecule has 0 N–H and O–H groups in total. The van der Waals surface area contributed by atoms with Gasteiger partial charge in [0, 0.05) is 25.2 Å². The Hall–Kier alpha value is -1.85. The summed E-state index contributed by atoms with van der Waals surface area (Å²) in [7, 11) is 0. The van der Waals surface area contributed by atoms with Crippen molar-refractivity contribution >= 4 is 6.09 Å². The van der Waals surface area contributed by atoms with Gasteiger partial charge < -0.3 is 14.4 Å². The number of aromatic nitrogens is 2. The van der Waals surface area contributed by atoms with Gasteiger partial charge in [0.05, 0.1) is 6.54 Å². The highest BCUT2D eigenvalue weighted by Crippen LogP contribution is 2.18. The molecule has 0 aromatic carbocycles. The maximum atomic E-state index is 11.9. The van der Waals surface area contributed by atoms with Gasteiger partial charge in [0.15, 0.2) is 0 Å². The van der Waals surface area contributed by atoms with Gasteiger partial charge >= 0.3 is 6.09 Å². The monoisotopic (exact) mass is 265 g/mol. The lowest BCUT2D eigenvalue weighted by atomic mass is 10.2. The van der Waals surface area contributed by atoms with E-state index in [2.05, 4.69) is 10.2 Å². The van der Waals surface area contributed by atoms with Gasteiger partial charge in [-0.3, -0.25) is 0 Å². The fourth-order valence-corrected chi connectivity index (χ4v) is 1.84. The zero-order valence-corrected chi connectivity index (χ0v) is 11.5. The van der Waals surface area contributed by atoms with Crippen molar-refractivity contribution in [3.8, 4) is 5.88 Å². The van der Waals surface area contributed by atoms with E-state index < -0.39 is 5.60 Å². The molecule has 0 aliphatic carbocycles. The minimum atomic E-state index is -0.471. The number of ether oxygens (including phenoxy) is 2. The van der Waals surface area contributed by atoms with E-state index >= 15 is 0 Å². The summed E-state index contributed by atoms with van der Waals surface area (Å²) in [6.07, 6.45) is 2.02. The summed E-state index contributed by atoms with van der Waals surface area (Å²) >= 11 is 0. The van der Waals surface area contributed by atoms with Crippen molar-refractivity contribution in [3.63, 3.8) is 0 Å². The van der Waals surface area contributed by atoms with Crippen LogP contribution >= 0.6 is 0 Å². The van der Waals surface area contributed by atoms with Crippen molar-refractivity contribution < 1.29 is 14.3 Å². The number of carbonyl (C=O) groups is 1. The van der Waals surface area contributed by atoms with Crippen LogP contribution in [-0.4, -0.2) is 46.0 Å². The highest BCUT2D eigenvalue weighted by molar-refractivity contribution is 5.68. The third-order valence-corrected chi connectivity index (χ3v) is 2.63. The molecule has 0 spiro atoms. The van der Waals surface area contributed by atoms with E-state index in [4.69, 9.17) is 9.47 Å². The Morgan fingerprint density at radius 1 is 1.47 bits per heavy atom. The number of likely N-dealkylation sites (tertiary alicyclic amines) is 1. The third-order valence-electron chi connectivity index (χ3n) is 2.63. The Kier molecular flexibility index (Phi) is 3.87. The Labute approximate surface area is 112 Å². The number of hydrogen-bond acceptors (Lipinski definition) is 5. The first-order valence-corrected chi connectivity index (χ1v) is 6.36. The molecular formula is C13H19N3O3. The zero-order valence-electron chi connectivity index (χ0n) is 11.5. The van der Waals surface area contributed by atoms with Gasteiger partial charge in [-0.25, -0.2) is 4.79 Å². The second kappa shape index (κ2) is 5.42. The molecule has 19 heavy (non-hydrogen) atoms. The van der Waals surface area contributed by atoms with Crippen LogP contribution in [0.1, 0.15) is 27.2 Å². The number of rotatable bonds is 2. The smallest absolute Gasteiger partial charge is 0.410 e. The summed E-state index contributed by atoms with van der Waals surface area (Å²) in [6, 6.07) is 3.52. The van der Waals surface area contributed by atoms with Gasteiger partial charge in [-0.2, -0.15) is 5.10 Å². The SMILES string of the molecule is CC(C)(C)OC(=O)N1CC[C@H](Oc2cccnn2)C1. The fourth-order valence-electron chi connectivity index (χ4n) is 1.84. The number of carbonyl (C=O) groups excluding carboxylic acids is 1. The number of hydrogen-bond donors (Lipinski definition) is 0. The van der Waals surface area contributed by atoms with Gasteiger partial charge in [-0.15, -0.1) is 5.10 Å². The minimum absolute atomic E-state index is 0.0516. The molecule has 1 amide bonds. The lowest BCUT2D eigenvalue weighted by Crippen LogP contribution is -2.36. The van der Waals surface area contributed by atoms with Crippen LogP contribution in [0.15, 0.2) is 18.3 Å². The maximum absolute atomic E-state index is 11.9. The van der Waals surface area contributed by atoms with Crippen molar-refractivity contribution in [3.05, 3.63) is 18.3 Å². The zero-order chi connectivity index (χ0) is 13.9. The van der Waals surface area contributed by atoms with Crippen molar-refractivity contribution in [2.24, 2.45) is 0 Å². The molecular weight excluding hydrogens is 246 g/mol. The second-order valence-electron chi connectivity index (χ2n) is 5.52. The first-order valence-electron chi connectivity index (χ1n) is 6.36. The summed E-state index contributed by atoms with van der Waals surface area (Å²) in [5, 5.41) is 7.61. The molecule has 0 saturated carbocycles. The Morgan fingerprint density at radius 3 is 2.89 bits per heavy atom. The summed E-state index contributed by atoms with van der Waals surface area (Å²) < 4.78 is 11.0. The molecule has 0 radical (unpaired) electrons. The molecule has 1 atom stereocenters. The molecule has 2 rings (SSSR count). The molecule has 2 heterocycles. The van der Waals surface area contributed by atoms with E-state index in [-0.39, 0.29) is 12.2 Å². The van der Waals surface area contributed by atoms with Crippen LogP contribution in [0.2, 0.25) is 0 Å². The van der Waals surface area contributed by atoms with Crippen LogP contribution in [0.25, 0.3) is 0 Å². The Morgan fingerprint density at radius 2 is 2.26 bits per heavy atom. The molecule has 1 aromatic rings. The predicted molar refractivity (Wildman–Crippen MR) is 68.9 cm³/mol. The van der Waals surface area contributed by atoms with E-state index in [0.717, 1.165) is 6.42 Å². The summed E-state index contributed by atoms with van der Waals surface area (Å²) in [5.41, 5.74) is -0.471. The van der Waals surface area contributed by atoms with Crippen molar-refractivity contribution in [1.29, 1.82) is 0 Å². The van der Waals surface area contributed by atoms with Crippen LogP contribution in [0.3, 0.4) is 0 Å². The molecule has 104 valence electrons. The minimum Gasteiger partial charge on any atom is -0.471 e. The van der Waals surface area contributed by atoms with Crippen LogP contribution in [0.4, 0.5) is 4.79 Å². The molecule has 1 fully saturated rings. The van der Waals surface area contributed by atoms with E-state index in [1.54, 1.807) is 23.2 Å². The average molecular weight is 265 g/mol. The predicted octanol–water partition coefficient (Wildman–Crippen LogP) is 1.86. The van der Waals surface area contributed by atoms with E-state index in [1.165, 1.54) is 0 Å². The van der Waals surface area contributed by atoms with Crippen molar-refractivity contribution in [2.45, 2.75) is 38.9 Å². The normalized spacial score (nSPS) is 19.3. The highest BCUT2D eigenvalue weighted by atomic mass is 16.6. The van der Waals surface area contributed by atoms with Crippen molar-refractivity contribution in [2.75, 3.05) is 13.1 Å². The van der Waals surface area contributed by atoms with E-state index in [0.29, 0.717) is 19.0 Å². The van der Waals surface area contributed by atoms with Crippen molar-refractivity contribution in [1.82, 2.24) is 15.1 Å². The molecule has 0 unspecified atom stereocenters. The highest BCUT2D eigenvalue weighted by Gasteiger charge is 2.31. The number of amides is 1. The summed E-state index contributed by atoms with van der Waals surface area (Å²) in [4.78, 5) is 13.5. The molecule has 0 bridgehead atoms. The largest absolute Gasteiger partial charge is 0.471 e. The van der Waals surface area contributed by atoms with E-state index in [1.807, 2.05) is 20.8 Å². The molecule has 6 nitrogen and oxygen atoms in total. The third kappa shape index (κ3) is 4.08. The first kappa shape index (κ1) is 13.6. The second-order valence-corrected chi connectivity index (χ2v) is 5.52. The fraction of sp³-hybridized carbons (Fsp3) is 0.615.